The van der Waals surface area contributed by atoms with E-state index in [4.69, 9.17) is 26.8 Å². The van der Waals surface area contributed by atoms with Gasteiger partial charge in [0.25, 0.3) is 0 Å². The SMILES string of the molecule is CC.COc1ccc(-c2cnc3c(Nc4ccc([N-]CCOCCN)c(Cl)c4)nccn23)cc1.[W]. The van der Waals surface area contributed by atoms with Crippen LogP contribution in [0.15, 0.2) is 61.1 Å². The maximum Gasteiger partial charge on any atom is 0.180 e. The van der Waals surface area contributed by atoms with Crippen LogP contribution in [0.2, 0.25) is 5.02 Å². The minimum absolute atomic E-state index is 0. The molecule has 4 rings (SSSR count). The Labute approximate surface area is 225 Å². The summed E-state index contributed by atoms with van der Waals surface area (Å²) in [7, 11) is 1.65. The smallest absolute Gasteiger partial charge is 0.180 e. The van der Waals surface area contributed by atoms with Gasteiger partial charge in [-0.1, -0.05) is 31.5 Å². The van der Waals surface area contributed by atoms with E-state index < -0.39 is 0 Å². The molecule has 0 aliphatic heterocycles. The summed E-state index contributed by atoms with van der Waals surface area (Å²) in [5, 5.41) is 8.31. The molecule has 3 N–H and O–H groups in total. The van der Waals surface area contributed by atoms with Crippen LogP contribution in [0.5, 0.6) is 5.75 Å². The molecule has 10 heteroatoms. The average molecular weight is 666 g/mol. The largest absolute Gasteiger partial charge is 0.681 e. The molecule has 0 saturated carbocycles. The second-order valence-electron chi connectivity index (χ2n) is 6.92. The van der Waals surface area contributed by atoms with Crippen molar-refractivity contribution in [3.63, 3.8) is 0 Å². The predicted octanol–water partition coefficient (Wildman–Crippen LogP) is 5.81. The Balaban J connectivity index is 0.00000140. The topological polar surface area (TPSA) is 101 Å². The number of ether oxygens (including phenoxy) is 2. The van der Waals surface area contributed by atoms with Crippen LogP contribution >= 0.6 is 11.6 Å². The van der Waals surface area contributed by atoms with Crippen molar-refractivity contribution in [3.8, 4) is 17.0 Å². The Hall–Kier alpha value is -2.64. The number of nitrogens with zero attached hydrogens (tertiary/aromatic N) is 4. The molecule has 2 heterocycles. The molecule has 0 amide bonds. The molecule has 0 fully saturated rings. The van der Waals surface area contributed by atoms with Gasteiger partial charge in [-0.05, 0) is 36.4 Å². The summed E-state index contributed by atoms with van der Waals surface area (Å²) >= 11 is 6.42. The fourth-order valence-electron chi connectivity index (χ4n) is 3.25. The summed E-state index contributed by atoms with van der Waals surface area (Å²) in [5.41, 5.74) is 9.60. The van der Waals surface area contributed by atoms with E-state index in [2.05, 4.69) is 20.6 Å². The minimum Gasteiger partial charge on any atom is -0.681 e. The first-order valence-corrected chi connectivity index (χ1v) is 11.6. The minimum atomic E-state index is 0. The number of halogens is 1. The van der Waals surface area contributed by atoms with Gasteiger partial charge in [0.2, 0.25) is 0 Å². The zero-order valence-electron chi connectivity index (χ0n) is 20.1. The van der Waals surface area contributed by atoms with Gasteiger partial charge < -0.3 is 25.8 Å². The van der Waals surface area contributed by atoms with Crippen molar-refractivity contribution in [2.75, 3.05) is 38.7 Å². The van der Waals surface area contributed by atoms with Crippen LogP contribution in [0.1, 0.15) is 13.8 Å². The van der Waals surface area contributed by atoms with E-state index in [9.17, 15) is 0 Å². The second-order valence-corrected chi connectivity index (χ2v) is 7.32. The average Bonchev–Trinajstić information content (AvgIpc) is 3.31. The first-order valence-electron chi connectivity index (χ1n) is 11.2. The summed E-state index contributed by atoms with van der Waals surface area (Å²) in [4.78, 5) is 9.03. The molecule has 0 atom stereocenters. The van der Waals surface area contributed by atoms with E-state index in [0.29, 0.717) is 48.5 Å². The van der Waals surface area contributed by atoms with Crippen molar-refractivity contribution in [1.29, 1.82) is 0 Å². The van der Waals surface area contributed by atoms with Gasteiger partial charge in [-0.15, -0.1) is 12.2 Å². The molecule has 0 radical (unpaired) electrons. The Kier molecular flexibility index (Phi) is 12.0. The number of aromatic nitrogens is 3. The van der Waals surface area contributed by atoms with Crippen molar-refractivity contribution in [2.24, 2.45) is 5.73 Å². The van der Waals surface area contributed by atoms with E-state index in [0.717, 1.165) is 22.7 Å². The third kappa shape index (κ3) is 7.42. The molecule has 186 valence electrons. The number of benzene rings is 2. The molecule has 2 aromatic heterocycles. The molecule has 0 aliphatic rings. The van der Waals surface area contributed by atoms with Crippen LogP contribution in [0, 0.1) is 0 Å². The van der Waals surface area contributed by atoms with Gasteiger partial charge in [0.15, 0.2) is 11.5 Å². The third-order valence-electron chi connectivity index (χ3n) is 4.80. The number of imidazole rings is 1. The van der Waals surface area contributed by atoms with Crippen molar-refractivity contribution < 1.29 is 30.5 Å². The monoisotopic (exact) mass is 665 g/mol. The van der Waals surface area contributed by atoms with Gasteiger partial charge in [-0.3, -0.25) is 4.40 Å². The van der Waals surface area contributed by atoms with Crippen LogP contribution in [0.3, 0.4) is 0 Å². The van der Waals surface area contributed by atoms with Gasteiger partial charge in [-0.2, -0.15) is 0 Å². The number of nitrogens with one attached hydrogen (secondary N) is 1. The molecular weight excluding hydrogens is 636 g/mol. The summed E-state index contributed by atoms with van der Waals surface area (Å²) in [6.07, 6.45) is 5.44. The zero-order chi connectivity index (χ0) is 24.3. The Bertz CT molecular complexity index is 1190. The molecular formula is C25H30ClN6O2W-. The van der Waals surface area contributed by atoms with Crippen LogP contribution in [0.25, 0.3) is 22.2 Å². The fraction of sp³-hybridized carbons (Fsp3) is 0.280. The summed E-state index contributed by atoms with van der Waals surface area (Å²) in [6.45, 7) is 6.06. The quantitative estimate of drug-likeness (QED) is 0.208. The first-order chi connectivity index (χ1) is 16.7. The van der Waals surface area contributed by atoms with Gasteiger partial charge in [-0.25, -0.2) is 9.97 Å². The van der Waals surface area contributed by atoms with E-state index in [1.807, 2.05) is 73.1 Å². The zero-order valence-corrected chi connectivity index (χ0v) is 23.8. The summed E-state index contributed by atoms with van der Waals surface area (Å²) in [6, 6.07) is 13.4. The second kappa shape index (κ2) is 14.7. The molecule has 35 heavy (non-hydrogen) atoms. The van der Waals surface area contributed by atoms with Crippen molar-refractivity contribution in [1.82, 2.24) is 14.4 Å². The van der Waals surface area contributed by atoms with Crippen molar-refractivity contribution in [2.45, 2.75) is 13.8 Å². The standard InChI is InChI=1S/C23H24ClN6O2.C2H6.W/c1-31-18-5-2-16(3-6-18)21-15-28-23-22(27-9-11-30(21)23)29-17-4-7-20(19(24)14-17)26-10-13-32-12-8-25;1-2;/h2-7,9,11,14-15H,8,10,12-13,25H2,1H3,(H,27,29);1-2H3;/q-1;;. The number of rotatable bonds is 10. The third-order valence-corrected chi connectivity index (χ3v) is 5.11. The van der Waals surface area contributed by atoms with Gasteiger partial charge in [0.05, 0.1) is 25.6 Å². The maximum atomic E-state index is 6.42. The number of fused-ring (bicyclic) bond motifs is 1. The van der Waals surface area contributed by atoms with Crippen molar-refractivity contribution >= 4 is 34.4 Å². The Morgan fingerprint density at radius 1 is 1.09 bits per heavy atom. The fourth-order valence-corrected chi connectivity index (χ4v) is 3.49. The maximum absolute atomic E-state index is 6.42. The molecule has 4 aromatic rings. The summed E-state index contributed by atoms with van der Waals surface area (Å²) in [5.74, 6) is 1.44. The van der Waals surface area contributed by atoms with Crippen LogP contribution < -0.4 is 15.8 Å². The normalized spacial score (nSPS) is 10.2. The molecule has 0 aliphatic carbocycles. The van der Waals surface area contributed by atoms with E-state index >= 15 is 0 Å². The van der Waals surface area contributed by atoms with Gasteiger partial charge >= 0.3 is 0 Å². The van der Waals surface area contributed by atoms with E-state index in [1.165, 1.54) is 0 Å². The predicted molar refractivity (Wildman–Crippen MR) is 139 cm³/mol. The molecule has 8 nitrogen and oxygen atoms in total. The molecule has 0 unspecified atom stereocenters. The summed E-state index contributed by atoms with van der Waals surface area (Å²) < 4.78 is 12.6. The number of methoxy groups -OCH3 is 1. The molecule has 0 saturated heterocycles. The van der Waals surface area contributed by atoms with Crippen LogP contribution in [-0.2, 0) is 25.8 Å². The Morgan fingerprint density at radius 3 is 2.54 bits per heavy atom. The van der Waals surface area contributed by atoms with Crippen LogP contribution in [0.4, 0.5) is 17.2 Å². The molecule has 0 spiro atoms. The number of hydrogen-bond acceptors (Lipinski definition) is 6. The van der Waals surface area contributed by atoms with Gasteiger partial charge in [0, 0.05) is 62.9 Å². The van der Waals surface area contributed by atoms with Gasteiger partial charge in [0.1, 0.15) is 5.75 Å². The number of nitrogens with two attached hydrogens (primary N) is 1. The first kappa shape index (κ1) is 28.6. The van der Waals surface area contributed by atoms with E-state index in [-0.39, 0.29) is 21.1 Å². The van der Waals surface area contributed by atoms with Crippen LogP contribution in [-0.4, -0.2) is 47.8 Å². The molecule has 2 aromatic carbocycles. The van der Waals surface area contributed by atoms with E-state index in [1.54, 1.807) is 13.3 Å². The number of hydrogen-bond donors (Lipinski definition) is 2. The van der Waals surface area contributed by atoms with Crippen molar-refractivity contribution in [3.05, 3.63) is 71.4 Å². The number of anilines is 2. The Morgan fingerprint density at radius 2 is 1.86 bits per heavy atom. The molecule has 0 bridgehead atoms.